The van der Waals surface area contributed by atoms with Crippen molar-refractivity contribution >= 4 is 5.91 Å². The molecule has 0 spiro atoms. The summed E-state index contributed by atoms with van der Waals surface area (Å²) < 4.78 is 0. The average molecular weight is 348 g/mol. The van der Waals surface area contributed by atoms with E-state index in [0.29, 0.717) is 18.2 Å². The first-order chi connectivity index (χ1) is 12.0. The van der Waals surface area contributed by atoms with Gasteiger partial charge in [0.25, 0.3) is 5.91 Å². The van der Waals surface area contributed by atoms with Crippen molar-refractivity contribution in [1.82, 2.24) is 5.32 Å². The van der Waals surface area contributed by atoms with Crippen molar-refractivity contribution in [3.8, 4) is 5.75 Å². The topological polar surface area (TPSA) is 58.2 Å². The number of likely N-dealkylation sites (N-methyl/N-ethyl adjacent to an activating group) is 1. The second kappa shape index (κ2) is 7.75. The number of aromatic hydroxyl groups is 1. The van der Waals surface area contributed by atoms with E-state index < -0.39 is 0 Å². The van der Waals surface area contributed by atoms with Crippen LogP contribution in [0.5, 0.6) is 5.75 Å². The molecule has 1 aromatic rings. The Morgan fingerprint density at radius 1 is 1.20 bits per heavy atom. The van der Waals surface area contributed by atoms with Crippen LogP contribution in [0.1, 0.15) is 44.1 Å². The Morgan fingerprint density at radius 2 is 1.88 bits per heavy atom. The van der Waals surface area contributed by atoms with Gasteiger partial charge in [0.1, 0.15) is 31.9 Å². The molecule has 0 bridgehead atoms. The van der Waals surface area contributed by atoms with Gasteiger partial charge in [-0.05, 0) is 37.5 Å². The molecule has 5 heteroatoms. The lowest BCUT2D eigenvalue weighted by atomic mass is 9.70. The van der Waals surface area contributed by atoms with Gasteiger partial charge in [0.15, 0.2) is 6.54 Å². The number of carbonyl (C=O) groups excluding carboxylic acids is 1. The Bertz CT molecular complexity index is 581. The second-order valence-electron chi connectivity index (χ2n) is 8.24. The number of amides is 1. The van der Waals surface area contributed by atoms with Gasteiger partial charge in [-0.2, -0.15) is 0 Å². The van der Waals surface area contributed by atoms with Crippen LogP contribution in [0.4, 0.5) is 0 Å². The minimum atomic E-state index is -0.191. The summed E-state index contributed by atoms with van der Waals surface area (Å²) in [4.78, 5) is 15.7. The number of rotatable bonds is 4. The molecule has 1 aliphatic carbocycles. The second-order valence-corrected chi connectivity index (χ2v) is 8.24. The van der Waals surface area contributed by atoms with Gasteiger partial charge < -0.3 is 20.2 Å². The molecule has 2 fully saturated rings. The molecule has 0 unspecified atom stereocenters. The molecule has 3 rings (SSSR count). The first-order valence-electron chi connectivity index (χ1n) is 9.71. The highest BCUT2D eigenvalue weighted by Gasteiger charge is 2.39. The number of phenolic OH excluding ortho intramolecular Hbond substituents is 1. The predicted octanol–water partition coefficient (Wildman–Crippen LogP) is -0.662. The predicted molar refractivity (Wildman–Crippen MR) is 98.0 cm³/mol. The van der Waals surface area contributed by atoms with Gasteiger partial charge >= 0.3 is 0 Å². The first kappa shape index (κ1) is 18.2. The van der Waals surface area contributed by atoms with Crippen molar-refractivity contribution < 1.29 is 19.7 Å². The lowest BCUT2D eigenvalue weighted by Gasteiger charge is -2.42. The molecule has 2 atom stereocenters. The Morgan fingerprint density at radius 3 is 2.56 bits per heavy atom. The molecule has 1 aliphatic heterocycles. The Hall–Kier alpha value is -1.59. The van der Waals surface area contributed by atoms with Crippen LogP contribution in [0.15, 0.2) is 24.3 Å². The normalized spacial score (nSPS) is 33.0. The van der Waals surface area contributed by atoms with Crippen molar-refractivity contribution in [2.75, 3.05) is 39.8 Å². The molecule has 1 saturated carbocycles. The zero-order valence-electron chi connectivity index (χ0n) is 15.6. The summed E-state index contributed by atoms with van der Waals surface area (Å²) in [6.45, 7) is 7.25. The van der Waals surface area contributed by atoms with Crippen LogP contribution in [-0.2, 0) is 4.79 Å². The molecule has 2 aliphatic rings. The van der Waals surface area contributed by atoms with Crippen LogP contribution in [0, 0.1) is 0 Å². The summed E-state index contributed by atoms with van der Waals surface area (Å²) in [5.41, 5.74) is 1.03. The van der Waals surface area contributed by atoms with E-state index in [1.807, 2.05) is 12.1 Å². The van der Waals surface area contributed by atoms with E-state index >= 15 is 0 Å². The third kappa shape index (κ3) is 4.53. The number of quaternary nitrogens is 2. The van der Waals surface area contributed by atoms with Crippen LogP contribution in [-0.4, -0.2) is 56.3 Å². The van der Waals surface area contributed by atoms with Crippen LogP contribution in [0.3, 0.4) is 0 Å². The summed E-state index contributed by atoms with van der Waals surface area (Å²) in [6, 6.07) is 7.51. The number of benzene rings is 1. The molecular weight excluding hydrogens is 314 g/mol. The highest BCUT2D eigenvalue weighted by molar-refractivity contribution is 5.78. The largest absolute Gasteiger partial charge is 0.508 e. The molecule has 1 heterocycles. The van der Waals surface area contributed by atoms with Crippen molar-refractivity contribution in [3.63, 3.8) is 0 Å². The summed E-state index contributed by atoms with van der Waals surface area (Å²) >= 11 is 0. The van der Waals surface area contributed by atoms with E-state index in [1.54, 1.807) is 17.0 Å². The fourth-order valence-corrected chi connectivity index (χ4v) is 4.52. The van der Waals surface area contributed by atoms with Gasteiger partial charge in [-0.25, -0.2) is 0 Å². The minimum absolute atomic E-state index is 0.183. The molecule has 25 heavy (non-hydrogen) atoms. The van der Waals surface area contributed by atoms with Gasteiger partial charge in [-0.15, -0.1) is 0 Å². The third-order valence-electron chi connectivity index (χ3n) is 6.15. The van der Waals surface area contributed by atoms with E-state index in [1.165, 1.54) is 16.9 Å². The molecule has 1 aromatic carbocycles. The van der Waals surface area contributed by atoms with Gasteiger partial charge in [-0.3, -0.25) is 4.79 Å². The van der Waals surface area contributed by atoms with E-state index in [-0.39, 0.29) is 11.4 Å². The van der Waals surface area contributed by atoms with Crippen LogP contribution in [0.25, 0.3) is 0 Å². The number of phenols is 1. The molecule has 0 radical (unpaired) electrons. The summed E-state index contributed by atoms with van der Waals surface area (Å²) in [5.74, 6) is 0.798. The van der Waals surface area contributed by atoms with Crippen LogP contribution < -0.4 is 15.1 Å². The van der Waals surface area contributed by atoms with Gasteiger partial charge in [-0.1, -0.05) is 25.0 Å². The third-order valence-corrected chi connectivity index (χ3v) is 6.15. The zero-order chi connectivity index (χ0) is 17.9. The molecule has 5 nitrogen and oxygen atoms in total. The molecular formula is C20H33N3O2+2. The minimum Gasteiger partial charge on any atom is -0.508 e. The van der Waals surface area contributed by atoms with Gasteiger partial charge in [0.05, 0.1) is 7.05 Å². The molecule has 138 valence electrons. The quantitative estimate of drug-likeness (QED) is 0.584. The maximum absolute atomic E-state index is 12.7. The number of hydrogen-bond acceptors (Lipinski definition) is 2. The Balaban J connectivity index is 1.65. The SMILES string of the molecule is C[NH+]1CC[NH+](CC(=O)N[C@]2(C)CCCC[C@H]2c2ccc(O)cc2)CC1. The molecule has 4 N–H and O–H groups in total. The van der Waals surface area contributed by atoms with Crippen molar-refractivity contribution in [3.05, 3.63) is 29.8 Å². The standard InChI is InChI=1S/C20H31N3O2/c1-20(21-19(25)15-23-13-11-22(2)12-14-23)10-4-3-5-18(20)16-6-8-17(24)9-7-16/h6-9,18,24H,3-5,10-15H2,1-2H3,(H,21,25)/p+2/t18-,20+/m0/s1. The van der Waals surface area contributed by atoms with E-state index in [4.69, 9.17) is 0 Å². The number of piperazine rings is 1. The maximum Gasteiger partial charge on any atom is 0.275 e. The van der Waals surface area contributed by atoms with Crippen molar-refractivity contribution in [2.24, 2.45) is 0 Å². The van der Waals surface area contributed by atoms with Crippen LogP contribution in [0.2, 0.25) is 0 Å². The van der Waals surface area contributed by atoms with Gasteiger partial charge in [0, 0.05) is 11.5 Å². The summed E-state index contributed by atoms with van der Waals surface area (Å²) in [5, 5.41) is 12.9. The van der Waals surface area contributed by atoms with Crippen molar-refractivity contribution in [2.45, 2.75) is 44.1 Å². The number of nitrogens with one attached hydrogen (secondary N) is 3. The smallest absolute Gasteiger partial charge is 0.275 e. The van der Waals surface area contributed by atoms with E-state index in [9.17, 15) is 9.90 Å². The Labute approximate surface area is 151 Å². The number of hydrogen-bond donors (Lipinski definition) is 4. The monoisotopic (exact) mass is 347 g/mol. The number of carbonyl (C=O) groups is 1. The lowest BCUT2D eigenvalue weighted by molar-refractivity contribution is -1.000. The van der Waals surface area contributed by atoms with Crippen molar-refractivity contribution in [1.29, 1.82) is 0 Å². The Kier molecular flexibility index (Phi) is 5.64. The highest BCUT2D eigenvalue weighted by Crippen LogP contribution is 2.41. The lowest BCUT2D eigenvalue weighted by Crippen LogP contribution is -3.27. The fraction of sp³-hybridized carbons (Fsp3) is 0.650. The molecule has 1 saturated heterocycles. The zero-order valence-corrected chi connectivity index (χ0v) is 15.6. The molecule has 0 aromatic heterocycles. The maximum atomic E-state index is 12.7. The van der Waals surface area contributed by atoms with E-state index in [0.717, 1.165) is 45.4 Å². The van der Waals surface area contributed by atoms with Gasteiger partial charge in [0.2, 0.25) is 0 Å². The highest BCUT2D eigenvalue weighted by atomic mass is 16.3. The average Bonchev–Trinajstić information content (AvgIpc) is 2.58. The van der Waals surface area contributed by atoms with E-state index in [2.05, 4.69) is 19.3 Å². The summed E-state index contributed by atoms with van der Waals surface area (Å²) in [6.07, 6.45) is 4.47. The van der Waals surface area contributed by atoms with Crippen LogP contribution >= 0.6 is 0 Å². The first-order valence-corrected chi connectivity index (χ1v) is 9.71. The fourth-order valence-electron chi connectivity index (χ4n) is 4.52. The molecule has 1 amide bonds. The summed E-state index contributed by atoms with van der Waals surface area (Å²) in [7, 11) is 2.22.